The topological polar surface area (TPSA) is 50.8 Å². The number of nitrogens with one attached hydrogen (secondary N) is 1. The number of benzene rings is 2. The fraction of sp³-hybridized carbons (Fsp3) is 0.350. The molecule has 1 heterocycles. The summed E-state index contributed by atoms with van der Waals surface area (Å²) >= 11 is 3.46. The van der Waals surface area contributed by atoms with Gasteiger partial charge in [0.2, 0.25) is 0 Å². The molecule has 1 unspecified atom stereocenters. The Hall–Kier alpha value is -2.12. The first-order chi connectivity index (χ1) is 13.1. The lowest BCUT2D eigenvalue weighted by atomic mass is 10.1. The average Bonchev–Trinajstić information content (AvgIpc) is 2.69. The van der Waals surface area contributed by atoms with Crippen molar-refractivity contribution in [3.63, 3.8) is 0 Å². The summed E-state index contributed by atoms with van der Waals surface area (Å²) in [5.74, 6) is -0.151. The van der Waals surface area contributed by atoms with Crippen LogP contribution in [0.5, 0.6) is 5.75 Å². The number of hydrogen-bond donors (Lipinski definition) is 1. The van der Waals surface area contributed by atoms with Crippen LogP contribution in [-0.4, -0.2) is 43.8 Å². The lowest BCUT2D eigenvalue weighted by molar-refractivity contribution is -0.0154. The van der Waals surface area contributed by atoms with Crippen molar-refractivity contribution in [3.8, 4) is 5.75 Å². The van der Waals surface area contributed by atoms with Crippen LogP contribution in [0.1, 0.15) is 18.1 Å². The average molecular weight is 437 g/mol. The second-order valence-corrected chi connectivity index (χ2v) is 7.14. The van der Waals surface area contributed by atoms with Gasteiger partial charge in [-0.05, 0) is 36.2 Å². The van der Waals surface area contributed by atoms with E-state index < -0.39 is 0 Å². The number of morpholine rings is 1. The molecule has 1 aliphatic heterocycles. The minimum atomic E-state index is -0.381. The molecule has 0 bridgehead atoms. The van der Waals surface area contributed by atoms with Crippen LogP contribution in [0.25, 0.3) is 0 Å². The second kappa shape index (κ2) is 9.71. The van der Waals surface area contributed by atoms with Gasteiger partial charge in [0.15, 0.2) is 11.6 Å². The lowest BCUT2D eigenvalue weighted by Gasteiger charge is -2.33. The fourth-order valence-electron chi connectivity index (χ4n) is 2.87. The summed E-state index contributed by atoms with van der Waals surface area (Å²) in [6, 6.07) is 14.1. The summed E-state index contributed by atoms with van der Waals surface area (Å²) in [5, 5.41) is 2.89. The maximum Gasteiger partial charge on any atom is 0.317 e. The Balaban J connectivity index is 1.41. The number of halogens is 2. The molecule has 2 amide bonds. The van der Waals surface area contributed by atoms with Crippen molar-refractivity contribution in [1.82, 2.24) is 10.2 Å². The third-order valence-electron chi connectivity index (χ3n) is 4.27. The van der Waals surface area contributed by atoms with Crippen LogP contribution >= 0.6 is 15.9 Å². The molecule has 1 saturated heterocycles. The molecule has 7 heteroatoms. The van der Waals surface area contributed by atoms with E-state index in [2.05, 4.69) is 21.2 Å². The van der Waals surface area contributed by atoms with E-state index in [0.717, 1.165) is 10.0 Å². The molecule has 2 aromatic rings. The maximum absolute atomic E-state index is 13.5. The molecular formula is C20H22BrFN2O3. The van der Waals surface area contributed by atoms with Gasteiger partial charge in [0.25, 0.3) is 0 Å². The Kier molecular flexibility index (Phi) is 7.06. The number of rotatable bonds is 6. The Bertz CT molecular complexity index is 774. The molecule has 0 saturated carbocycles. The number of ether oxygens (including phenoxy) is 2. The normalized spacial score (nSPS) is 16.8. The molecular weight excluding hydrogens is 415 g/mol. The molecule has 2 aromatic carbocycles. The zero-order chi connectivity index (χ0) is 19.1. The summed E-state index contributed by atoms with van der Waals surface area (Å²) in [6.45, 7) is 2.37. The minimum Gasteiger partial charge on any atom is -0.490 e. The van der Waals surface area contributed by atoms with Gasteiger partial charge in [0, 0.05) is 17.6 Å². The quantitative estimate of drug-likeness (QED) is 0.692. The standard InChI is InChI=1S/C20H22BrFN2O3/c21-16-6-3-5-15(13-16)19-14-24(10-12-27-19)20(25)23-9-4-11-26-18-8-2-1-7-17(18)22/h1-3,5-8,13,19H,4,9-12,14H2,(H,23,25). The zero-order valence-corrected chi connectivity index (χ0v) is 16.5. The molecule has 5 nitrogen and oxygen atoms in total. The predicted octanol–water partition coefficient (Wildman–Crippen LogP) is 4.14. The van der Waals surface area contributed by atoms with Crippen molar-refractivity contribution in [2.24, 2.45) is 0 Å². The van der Waals surface area contributed by atoms with Crippen LogP contribution in [0.15, 0.2) is 53.0 Å². The lowest BCUT2D eigenvalue weighted by Crippen LogP contribution is -2.47. The molecule has 3 rings (SSSR count). The van der Waals surface area contributed by atoms with Gasteiger partial charge in [-0.3, -0.25) is 0 Å². The summed E-state index contributed by atoms with van der Waals surface area (Å²) < 4.78 is 25.6. The highest BCUT2D eigenvalue weighted by Gasteiger charge is 2.25. The molecule has 0 aromatic heterocycles. The minimum absolute atomic E-state index is 0.121. The van der Waals surface area contributed by atoms with E-state index in [9.17, 15) is 9.18 Å². The van der Waals surface area contributed by atoms with Crippen LogP contribution < -0.4 is 10.1 Å². The van der Waals surface area contributed by atoms with Crippen LogP contribution in [0.3, 0.4) is 0 Å². The van der Waals surface area contributed by atoms with Gasteiger partial charge in [-0.15, -0.1) is 0 Å². The van der Waals surface area contributed by atoms with Gasteiger partial charge in [-0.2, -0.15) is 0 Å². The van der Waals surface area contributed by atoms with Gasteiger partial charge >= 0.3 is 6.03 Å². The largest absolute Gasteiger partial charge is 0.490 e. The van der Waals surface area contributed by atoms with E-state index in [-0.39, 0.29) is 23.7 Å². The van der Waals surface area contributed by atoms with Crippen LogP contribution in [0.2, 0.25) is 0 Å². The highest BCUT2D eigenvalue weighted by Crippen LogP contribution is 2.24. The van der Waals surface area contributed by atoms with Gasteiger partial charge in [-0.1, -0.05) is 40.2 Å². The molecule has 0 radical (unpaired) electrons. The van der Waals surface area contributed by atoms with Crippen molar-refractivity contribution in [3.05, 3.63) is 64.4 Å². The number of carbonyl (C=O) groups excluding carboxylic acids is 1. The number of hydrogen-bond acceptors (Lipinski definition) is 3. The summed E-state index contributed by atoms with van der Waals surface area (Å²) in [4.78, 5) is 14.1. The molecule has 1 atom stereocenters. The highest BCUT2D eigenvalue weighted by molar-refractivity contribution is 9.10. The second-order valence-electron chi connectivity index (χ2n) is 6.22. The summed E-state index contributed by atoms with van der Waals surface area (Å²) in [5.41, 5.74) is 1.04. The zero-order valence-electron chi connectivity index (χ0n) is 14.9. The predicted molar refractivity (Wildman–Crippen MR) is 104 cm³/mol. The number of nitrogens with zero attached hydrogens (tertiary/aromatic N) is 1. The van der Waals surface area contributed by atoms with Crippen LogP contribution in [-0.2, 0) is 4.74 Å². The number of carbonyl (C=O) groups is 1. The maximum atomic E-state index is 13.5. The first kappa shape index (κ1) is 19.6. The molecule has 1 N–H and O–H groups in total. The Morgan fingerprint density at radius 2 is 2.15 bits per heavy atom. The summed E-state index contributed by atoms with van der Waals surface area (Å²) in [7, 11) is 0. The van der Waals surface area contributed by atoms with Crippen LogP contribution in [0.4, 0.5) is 9.18 Å². The molecule has 0 spiro atoms. The van der Waals surface area contributed by atoms with E-state index in [1.54, 1.807) is 23.1 Å². The van der Waals surface area contributed by atoms with Crippen molar-refractivity contribution in [1.29, 1.82) is 0 Å². The van der Waals surface area contributed by atoms with E-state index in [1.165, 1.54) is 6.07 Å². The molecule has 0 aliphatic carbocycles. The number of urea groups is 1. The highest BCUT2D eigenvalue weighted by atomic mass is 79.9. The van der Waals surface area contributed by atoms with Gasteiger partial charge in [0.1, 0.15) is 6.10 Å². The Morgan fingerprint density at radius 3 is 2.96 bits per heavy atom. The fourth-order valence-corrected chi connectivity index (χ4v) is 3.28. The summed E-state index contributed by atoms with van der Waals surface area (Å²) in [6.07, 6.45) is 0.464. The molecule has 1 aliphatic rings. The third kappa shape index (κ3) is 5.68. The van der Waals surface area contributed by atoms with Gasteiger partial charge in [-0.25, -0.2) is 9.18 Å². The van der Waals surface area contributed by atoms with E-state index >= 15 is 0 Å². The molecule has 144 valence electrons. The first-order valence-electron chi connectivity index (χ1n) is 8.90. The molecule has 1 fully saturated rings. The SMILES string of the molecule is O=C(NCCCOc1ccccc1F)N1CCOC(c2cccc(Br)c2)C1. The number of para-hydroxylation sites is 1. The van der Waals surface area contributed by atoms with Gasteiger partial charge in [0.05, 0.1) is 19.8 Å². The third-order valence-corrected chi connectivity index (χ3v) is 4.76. The first-order valence-corrected chi connectivity index (χ1v) is 9.70. The van der Waals surface area contributed by atoms with E-state index in [4.69, 9.17) is 9.47 Å². The van der Waals surface area contributed by atoms with E-state index in [0.29, 0.717) is 39.3 Å². The Labute approximate surface area is 166 Å². The van der Waals surface area contributed by atoms with Crippen LogP contribution in [0, 0.1) is 5.82 Å². The molecule has 27 heavy (non-hydrogen) atoms. The van der Waals surface area contributed by atoms with E-state index in [1.807, 2.05) is 24.3 Å². The van der Waals surface area contributed by atoms with Crippen molar-refractivity contribution in [2.75, 3.05) is 32.8 Å². The Morgan fingerprint density at radius 1 is 1.30 bits per heavy atom. The van der Waals surface area contributed by atoms with Gasteiger partial charge < -0.3 is 19.7 Å². The van der Waals surface area contributed by atoms with Crippen molar-refractivity contribution < 1.29 is 18.7 Å². The smallest absolute Gasteiger partial charge is 0.317 e. The van der Waals surface area contributed by atoms with Crippen molar-refractivity contribution in [2.45, 2.75) is 12.5 Å². The monoisotopic (exact) mass is 436 g/mol. The van der Waals surface area contributed by atoms with Crippen molar-refractivity contribution >= 4 is 22.0 Å². The number of amides is 2.